The highest BCUT2D eigenvalue weighted by molar-refractivity contribution is 7.90. The molecule has 1 N–H and O–H groups in total. The van der Waals surface area contributed by atoms with Crippen LogP contribution in [0, 0.1) is 11.5 Å². The third-order valence-electron chi connectivity index (χ3n) is 0.485. The van der Waals surface area contributed by atoms with Crippen molar-refractivity contribution in [3.05, 3.63) is 0 Å². The predicted molar refractivity (Wildman–Crippen MR) is 23.7 cm³/mol. The predicted octanol–water partition coefficient (Wildman–Crippen LogP) is -0.0933. The average Bonchev–Trinajstić information content (AvgIpc) is 1.61. The molecule has 0 rings (SSSR count). The first-order valence-electron chi connectivity index (χ1n) is 1.78. The molecule has 0 radical (unpaired) electrons. The third-order valence-corrected chi connectivity index (χ3v) is 1.45. The summed E-state index contributed by atoms with van der Waals surface area (Å²) in [4.78, 5) is 0. The van der Waals surface area contributed by atoms with Crippen LogP contribution in [0.25, 0.3) is 0 Å². The molecule has 0 aliphatic carbocycles. The van der Waals surface area contributed by atoms with E-state index >= 15 is 0 Å². The molecule has 0 spiro atoms. The van der Waals surface area contributed by atoms with Gasteiger partial charge in [0.05, 0.1) is 0 Å². The largest absolute Gasteiger partial charge is 0.517 e. The summed E-state index contributed by atoms with van der Waals surface area (Å²) in [7, 11) is -5.46. The Morgan fingerprint density at radius 1 is 1.40 bits per heavy atom. The fourth-order valence-corrected chi connectivity index (χ4v) is 0.354. The normalized spacial score (nSPS) is 12.2. The molecule has 0 aromatic carbocycles. The van der Waals surface area contributed by atoms with E-state index in [0.717, 1.165) is 0 Å². The molecular weight excluding hydrogens is 173 g/mol. The first-order valence-corrected chi connectivity index (χ1v) is 3.27. The van der Waals surface area contributed by atoms with Crippen LogP contribution in [0.4, 0.5) is 13.2 Å². The highest BCUT2D eigenvalue weighted by Crippen LogP contribution is 2.20. The average molecular weight is 174 g/mol. The van der Waals surface area contributed by atoms with Crippen molar-refractivity contribution >= 4 is 10.0 Å². The lowest BCUT2D eigenvalue weighted by molar-refractivity contribution is -0.0443. The molecule has 0 aliphatic heterocycles. The summed E-state index contributed by atoms with van der Waals surface area (Å²) in [5, 5.41) is 7.52. The highest BCUT2D eigenvalue weighted by atomic mass is 32.2. The second-order valence-electron chi connectivity index (χ2n) is 1.16. The number of sulfonamides is 1. The molecule has 0 bridgehead atoms. The van der Waals surface area contributed by atoms with E-state index in [1.165, 1.54) is 0 Å². The van der Waals surface area contributed by atoms with Gasteiger partial charge in [-0.3, -0.25) is 0 Å². The van der Waals surface area contributed by atoms with Crippen molar-refractivity contribution < 1.29 is 21.6 Å². The Morgan fingerprint density at radius 3 is 1.90 bits per heavy atom. The van der Waals surface area contributed by atoms with Gasteiger partial charge in [0, 0.05) is 0 Å². The van der Waals surface area contributed by atoms with Crippen LogP contribution in [0.3, 0.4) is 0 Å². The van der Waals surface area contributed by atoms with Crippen LogP contribution < -0.4 is 4.72 Å². The standard InChI is InChI=1S/C2HF3N2O2S/c3-2(4,5)10(8,9)7-1-6/h7H. The fraction of sp³-hybridized carbons (Fsp3) is 0.500. The van der Waals surface area contributed by atoms with Gasteiger partial charge in [0.25, 0.3) is 0 Å². The lowest BCUT2D eigenvalue weighted by Crippen LogP contribution is -2.33. The summed E-state index contributed by atoms with van der Waals surface area (Å²) in [5.74, 6) is 0. The molecule has 8 heteroatoms. The van der Waals surface area contributed by atoms with Gasteiger partial charge in [-0.2, -0.15) is 26.9 Å². The van der Waals surface area contributed by atoms with Gasteiger partial charge in [0.2, 0.25) is 0 Å². The van der Waals surface area contributed by atoms with Gasteiger partial charge in [-0.25, -0.2) is 4.72 Å². The molecule has 0 aromatic heterocycles. The number of nitrogens with zero attached hydrogens (tertiary/aromatic N) is 1. The van der Waals surface area contributed by atoms with Gasteiger partial charge in [0.1, 0.15) is 0 Å². The zero-order valence-electron chi connectivity index (χ0n) is 4.31. The summed E-state index contributed by atoms with van der Waals surface area (Å²) in [5.41, 5.74) is -5.41. The second-order valence-corrected chi connectivity index (χ2v) is 2.84. The molecule has 0 aliphatic rings. The molecule has 10 heavy (non-hydrogen) atoms. The molecule has 0 aromatic rings. The van der Waals surface area contributed by atoms with Gasteiger partial charge < -0.3 is 0 Å². The molecule has 4 nitrogen and oxygen atoms in total. The smallest absolute Gasteiger partial charge is 0.212 e. The van der Waals surface area contributed by atoms with Crippen LogP contribution in [-0.4, -0.2) is 13.9 Å². The maximum absolute atomic E-state index is 11.2. The van der Waals surface area contributed by atoms with Gasteiger partial charge in [0.15, 0.2) is 6.19 Å². The second kappa shape index (κ2) is 2.34. The Morgan fingerprint density at radius 2 is 1.80 bits per heavy atom. The maximum Gasteiger partial charge on any atom is 0.517 e. The Hall–Kier alpha value is -0.970. The Labute approximate surface area is 54.3 Å². The van der Waals surface area contributed by atoms with Crippen molar-refractivity contribution in [3.63, 3.8) is 0 Å². The van der Waals surface area contributed by atoms with Crippen molar-refractivity contribution in [2.45, 2.75) is 5.51 Å². The van der Waals surface area contributed by atoms with E-state index in [2.05, 4.69) is 0 Å². The summed E-state index contributed by atoms with van der Waals surface area (Å²) in [6, 6.07) is 0. The quantitative estimate of drug-likeness (QED) is 0.446. The van der Waals surface area contributed by atoms with Crippen molar-refractivity contribution in [2.75, 3.05) is 0 Å². The lowest BCUT2D eigenvalue weighted by atomic mass is 11.5. The third kappa shape index (κ3) is 1.77. The Balaban J connectivity index is 4.65. The van der Waals surface area contributed by atoms with Gasteiger partial charge in [-0.05, 0) is 0 Å². The zero-order valence-corrected chi connectivity index (χ0v) is 5.12. The number of rotatable bonds is 1. The molecule has 0 atom stereocenters. The number of nitrogens with one attached hydrogen (secondary N) is 1. The van der Waals surface area contributed by atoms with Crippen molar-refractivity contribution in [1.29, 1.82) is 5.26 Å². The Bertz CT molecular complexity index is 247. The molecule has 0 saturated carbocycles. The zero-order chi connectivity index (χ0) is 8.41. The maximum atomic E-state index is 11.2. The number of nitriles is 1. The summed E-state index contributed by atoms with van der Waals surface area (Å²) in [6.07, 6.45) is 0.657. The van der Waals surface area contributed by atoms with Gasteiger partial charge in [-0.1, -0.05) is 0 Å². The van der Waals surface area contributed by atoms with Crippen LogP contribution in [0.15, 0.2) is 0 Å². The van der Waals surface area contributed by atoms with Crippen LogP contribution in [0.2, 0.25) is 0 Å². The monoisotopic (exact) mass is 174 g/mol. The van der Waals surface area contributed by atoms with Crippen LogP contribution >= 0.6 is 0 Å². The van der Waals surface area contributed by atoms with Crippen LogP contribution in [-0.2, 0) is 10.0 Å². The summed E-state index contributed by atoms with van der Waals surface area (Å²) < 4.78 is 53.9. The van der Waals surface area contributed by atoms with E-state index in [4.69, 9.17) is 5.26 Å². The van der Waals surface area contributed by atoms with Crippen molar-refractivity contribution in [2.24, 2.45) is 0 Å². The van der Waals surface area contributed by atoms with Crippen molar-refractivity contribution in [3.8, 4) is 6.19 Å². The molecule has 0 heterocycles. The van der Waals surface area contributed by atoms with E-state index in [1.54, 1.807) is 0 Å². The van der Waals surface area contributed by atoms with E-state index < -0.39 is 15.5 Å². The number of hydrogen-bond acceptors (Lipinski definition) is 3. The van der Waals surface area contributed by atoms with E-state index in [1.807, 2.05) is 0 Å². The number of alkyl halides is 3. The summed E-state index contributed by atoms with van der Waals surface area (Å²) >= 11 is 0. The van der Waals surface area contributed by atoms with E-state index in [0.29, 0.717) is 10.9 Å². The highest BCUT2D eigenvalue weighted by Gasteiger charge is 2.45. The molecule has 0 amide bonds. The van der Waals surface area contributed by atoms with Gasteiger partial charge in [-0.15, -0.1) is 0 Å². The minimum atomic E-state index is -5.46. The Kier molecular flexibility index (Phi) is 2.11. The molecule has 0 unspecified atom stereocenters. The van der Waals surface area contributed by atoms with Crippen molar-refractivity contribution in [1.82, 2.24) is 4.72 Å². The first-order chi connectivity index (χ1) is 4.31. The minimum Gasteiger partial charge on any atom is -0.212 e. The minimum absolute atomic E-state index is 0.615. The van der Waals surface area contributed by atoms with Gasteiger partial charge >= 0.3 is 15.5 Å². The van der Waals surface area contributed by atoms with E-state index in [-0.39, 0.29) is 0 Å². The first kappa shape index (κ1) is 9.03. The number of hydrogen-bond donors (Lipinski definition) is 1. The summed E-state index contributed by atoms with van der Waals surface area (Å²) in [6.45, 7) is 0. The molecule has 0 saturated heterocycles. The lowest BCUT2D eigenvalue weighted by Gasteiger charge is -2.02. The SMILES string of the molecule is N#CNS(=O)(=O)C(F)(F)F. The van der Waals surface area contributed by atoms with Crippen LogP contribution in [0.1, 0.15) is 0 Å². The number of halogens is 3. The molecular formula is C2HF3N2O2S. The van der Waals surface area contributed by atoms with Crippen LogP contribution in [0.5, 0.6) is 0 Å². The molecule has 0 fully saturated rings. The van der Waals surface area contributed by atoms with E-state index in [9.17, 15) is 21.6 Å². The fourth-order valence-electron chi connectivity index (χ4n) is 0.118. The topological polar surface area (TPSA) is 70.0 Å². The molecule has 58 valence electrons.